The van der Waals surface area contributed by atoms with Gasteiger partial charge >= 0.3 is 0 Å². The van der Waals surface area contributed by atoms with Crippen LogP contribution in [0.4, 0.5) is 4.39 Å². The lowest BCUT2D eigenvalue weighted by molar-refractivity contribution is 0.162. The molecule has 0 aliphatic carbocycles. The molecule has 3 N–H and O–H groups in total. The minimum atomic E-state index is -0.241. The van der Waals surface area contributed by atoms with Gasteiger partial charge in [-0.1, -0.05) is 0 Å². The molecule has 1 aliphatic heterocycles. The topological polar surface area (TPSA) is 117 Å². The molecule has 0 saturated carbocycles. The van der Waals surface area contributed by atoms with Crippen molar-refractivity contribution in [2.45, 2.75) is 18.9 Å². The van der Waals surface area contributed by atoms with Crippen molar-refractivity contribution in [2.24, 2.45) is 0 Å². The fraction of sp³-hybridized carbons (Fsp3) is 0.192. The van der Waals surface area contributed by atoms with E-state index in [1.807, 2.05) is 24.3 Å². The standard InChI is InChI=1S/C26H21FN8OS/c27-21-4-3-20(37-21)17-7-10-30-25-22(17)32-26(33-25)24-23-19(34-35-24)2-1-18(31-23)14-11-16(13-29-12-14)36-15-5-8-28-9-6-15/h1-4,7,10-13,15,28H,5-6,8-9H2,(H,34,35)(H,30,32,33). The number of fused-ring (bicyclic) bond motifs is 2. The van der Waals surface area contributed by atoms with Crippen LogP contribution in [0.2, 0.25) is 0 Å². The summed E-state index contributed by atoms with van der Waals surface area (Å²) in [6.07, 6.45) is 7.33. The van der Waals surface area contributed by atoms with Crippen LogP contribution in [0.5, 0.6) is 5.75 Å². The smallest absolute Gasteiger partial charge is 0.178 e. The summed E-state index contributed by atoms with van der Waals surface area (Å²) in [4.78, 5) is 22.5. The maximum Gasteiger partial charge on any atom is 0.178 e. The highest BCUT2D eigenvalue weighted by Gasteiger charge is 2.19. The van der Waals surface area contributed by atoms with E-state index in [-0.39, 0.29) is 11.2 Å². The van der Waals surface area contributed by atoms with E-state index >= 15 is 0 Å². The molecule has 7 rings (SSSR count). The molecule has 0 radical (unpaired) electrons. The lowest BCUT2D eigenvalue weighted by atomic mass is 10.1. The molecule has 6 aromatic rings. The van der Waals surface area contributed by atoms with Crippen molar-refractivity contribution < 1.29 is 9.13 Å². The predicted octanol–water partition coefficient (Wildman–Crippen LogP) is 4.96. The Hall–Kier alpha value is -4.22. The van der Waals surface area contributed by atoms with Crippen molar-refractivity contribution in [2.75, 3.05) is 13.1 Å². The van der Waals surface area contributed by atoms with Gasteiger partial charge in [-0.15, -0.1) is 11.3 Å². The molecule has 0 atom stereocenters. The minimum Gasteiger partial charge on any atom is -0.489 e. The first-order valence-corrected chi connectivity index (χ1v) is 12.8. The van der Waals surface area contributed by atoms with E-state index in [2.05, 4.69) is 35.5 Å². The van der Waals surface area contributed by atoms with Crippen molar-refractivity contribution in [3.05, 3.63) is 60.1 Å². The van der Waals surface area contributed by atoms with Gasteiger partial charge in [-0.05, 0) is 62.3 Å². The van der Waals surface area contributed by atoms with Gasteiger partial charge in [0, 0.05) is 28.4 Å². The number of halogens is 1. The van der Waals surface area contributed by atoms with Gasteiger partial charge in [0.1, 0.15) is 17.4 Å². The number of ether oxygens (including phenoxy) is 1. The van der Waals surface area contributed by atoms with Crippen LogP contribution in [0.15, 0.2) is 55.0 Å². The zero-order chi connectivity index (χ0) is 24.8. The molecule has 0 amide bonds. The molecule has 37 heavy (non-hydrogen) atoms. The molecule has 0 aromatic carbocycles. The summed E-state index contributed by atoms with van der Waals surface area (Å²) in [6, 6.07) is 10.9. The van der Waals surface area contributed by atoms with Crippen LogP contribution in [-0.4, -0.2) is 54.3 Å². The SMILES string of the molecule is Fc1ccc(-c2ccnc3nc(-c4n[nH]c5ccc(-c6cncc(OC7CCNCC7)c6)nc45)[nH]c23)s1. The second-order valence-corrected chi connectivity index (χ2v) is 9.92. The first kappa shape index (κ1) is 22.0. The van der Waals surface area contributed by atoms with Crippen molar-refractivity contribution in [3.8, 4) is 39.0 Å². The van der Waals surface area contributed by atoms with Gasteiger partial charge in [0.15, 0.2) is 22.3 Å². The van der Waals surface area contributed by atoms with Gasteiger partial charge in [-0.2, -0.15) is 9.49 Å². The molecule has 11 heteroatoms. The van der Waals surface area contributed by atoms with E-state index in [9.17, 15) is 4.39 Å². The molecule has 0 spiro atoms. The second-order valence-electron chi connectivity index (χ2n) is 8.89. The number of hydrogen-bond donors (Lipinski definition) is 3. The number of pyridine rings is 3. The number of H-pyrrole nitrogens is 2. The Morgan fingerprint density at radius 1 is 1.03 bits per heavy atom. The third-order valence-corrected chi connectivity index (χ3v) is 7.37. The van der Waals surface area contributed by atoms with Crippen molar-refractivity contribution in [1.82, 2.24) is 40.4 Å². The summed E-state index contributed by atoms with van der Waals surface area (Å²) >= 11 is 1.08. The number of imidazole rings is 1. The van der Waals surface area contributed by atoms with Crippen LogP contribution in [-0.2, 0) is 0 Å². The van der Waals surface area contributed by atoms with E-state index < -0.39 is 0 Å². The number of aromatic amines is 2. The third-order valence-electron chi connectivity index (χ3n) is 6.46. The van der Waals surface area contributed by atoms with Crippen molar-refractivity contribution >= 4 is 33.5 Å². The molecule has 1 aliphatic rings. The Morgan fingerprint density at radius 3 is 2.81 bits per heavy atom. The summed E-state index contributed by atoms with van der Waals surface area (Å²) in [5.41, 5.74) is 5.72. The summed E-state index contributed by atoms with van der Waals surface area (Å²) < 4.78 is 19.8. The lowest BCUT2D eigenvalue weighted by Crippen LogP contribution is -2.34. The molecular formula is C26H21FN8OS. The summed E-state index contributed by atoms with van der Waals surface area (Å²) in [5.74, 6) is 1.27. The van der Waals surface area contributed by atoms with E-state index in [0.717, 1.165) is 75.7 Å². The second kappa shape index (κ2) is 9.02. The van der Waals surface area contributed by atoms with E-state index in [0.29, 0.717) is 22.7 Å². The molecule has 7 heterocycles. The Labute approximate surface area is 214 Å². The fourth-order valence-electron chi connectivity index (χ4n) is 4.64. The van der Waals surface area contributed by atoms with Gasteiger partial charge in [0.2, 0.25) is 0 Å². The molecule has 1 fully saturated rings. The largest absolute Gasteiger partial charge is 0.489 e. The summed E-state index contributed by atoms with van der Waals surface area (Å²) in [7, 11) is 0. The zero-order valence-electron chi connectivity index (χ0n) is 19.5. The average Bonchev–Trinajstić information content (AvgIpc) is 3.66. The highest BCUT2D eigenvalue weighted by molar-refractivity contribution is 7.14. The van der Waals surface area contributed by atoms with Crippen LogP contribution >= 0.6 is 11.3 Å². The lowest BCUT2D eigenvalue weighted by Gasteiger charge is -2.23. The minimum absolute atomic E-state index is 0.187. The highest BCUT2D eigenvalue weighted by Crippen LogP contribution is 2.34. The Bertz CT molecular complexity index is 1740. The Balaban J connectivity index is 1.26. The Kier molecular flexibility index (Phi) is 5.37. The number of thiophene rings is 1. The molecule has 184 valence electrons. The molecule has 6 aromatic heterocycles. The first-order valence-electron chi connectivity index (χ1n) is 12.0. The number of nitrogens with one attached hydrogen (secondary N) is 3. The van der Waals surface area contributed by atoms with Crippen LogP contribution in [0.25, 0.3) is 55.4 Å². The molecule has 1 saturated heterocycles. The molecule has 0 bridgehead atoms. The molecular weight excluding hydrogens is 491 g/mol. The van der Waals surface area contributed by atoms with Gasteiger partial charge in [-0.3, -0.25) is 10.1 Å². The van der Waals surface area contributed by atoms with E-state index in [1.165, 1.54) is 6.07 Å². The van der Waals surface area contributed by atoms with Crippen LogP contribution < -0.4 is 10.1 Å². The van der Waals surface area contributed by atoms with Crippen LogP contribution in [0, 0.1) is 5.13 Å². The number of aromatic nitrogens is 7. The third kappa shape index (κ3) is 4.11. The van der Waals surface area contributed by atoms with E-state index in [4.69, 9.17) is 9.72 Å². The average molecular weight is 513 g/mol. The number of rotatable bonds is 5. The number of nitrogens with zero attached hydrogens (tertiary/aromatic N) is 5. The van der Waals surface area contributed by atoms with E-state index in [1.54, 1.807) is 24.7 Å². The maximum absolute atomic E-state index is 13.7. The monoisotopic (exact) mass is 512 g/mol. The predicted molar refractivity (Wildman–Crippen MR) is 140 cm³/mol. The molecule has 0 unspecified atom stereocenters. The van der Waals surface area contributed by atoms with Crippen LogP contribution in [0.1, 0.15) is 12.8 Å². The van der Waals surface area contributed by atoms with Gasteiger partial charge < -0.3 is 15.0 Å². The fourth-order valence-corrected chi connectivity index (χ4v) is 5.40. The maximum atomic E-state index is 13.7. The van der Waals surface area contributed by atoms with Crippen molar-refractivity contribution in [3.63, 3.8) is 0 Å². The molecule has 9 nitrogen and oxygen atoms in total. The van der Waals surface area contributed by atoms with Gasteiger partial charge in [0.25, 0.3) is 0 Å². The van der Waals surface area contributed by atoms with Crippen molar-refractivity contribution in [1.29, 1.82) is 0 Å². The summed E-state index contributed by atoms with van der Waals surface area (Å²) in [6.45, 7) is 1.92. The first-order chi connectivity index (χ1) is 18.2. The number of hydrogen-bond acceptors (Lipinski definition) is 8. The highest BCUT2D eigenvalue weighted by atomic mass is 32.1. The number of piperidine rings is 1. The Morgan fingerprint density at radius 2 is 1.95 bits per heavy atom. The van der Waals surface area contributed by atoms with Gasteiger partial charge in [0.05, 0.1) is 22.9 Å². The summed E-state index contributed by atoms with van der Waals surface area (Å²) in [5, 5.41) is 10.6. The van der Waals surface area contributed by atoms with Crippen LogP contribution in [0.3, 0.4) is 0 Å². The quantitative estimate of drug-likeness (QED) is 0.299. The zero-order valence-corrected chi connectivity index (χ0v) is 20.3. The normalized spacial score (nSPS) is 14.5. The van der Waals surface area contributed by atoms with Gasteiger partial charge in [-0.25, -0.2) is 15.0 Å².